The molecule has 230 valence electrons. The molecule has 2 saturated heterocycles. The number of anilines is 2. The van der Waals surface area contributed by atoms with Crippen LogP contribution in [0.1, 0.15) is 48.8 Å². The van der Waals surface area contributed by atoms with Crippen molar-refractivity contribution in [3.05, 3.63) is 64.9 Å². The van der Waals surface area contributed by atoms with Gasteiger partial charge in [0.1, 0.15) is 5.56 Å². The summed E-state index contributed by atoms with van der Waals surface area (Å²) in [5.41, 5.74) is -0.593. The fraction of sp³-hybridized carbons (Fsp3) is 0.433. The van der Waals surface area contributed by atoms with E-state index in [0.29, 0.717) is 50.6 Å². The molecule has 8 nitrogen and oxygen atoms in total. The van der Waals surface area contributed by atoms with Gasteiger partial charge >= 0.3 is 12.1 Å². The summed E-state index contributed by atoms with van der Waals surface area (Å²) in [6.45, 7) is 5.28. The van der Waals surface area contributed by atoms with Crippen molar-refractivity contribution in [1.82, 2.24) is 14.7 Å². The van der Waals surface area contributed by atoms with Crippen molar-refractivity contribution < 1.29 is 32.3 Å². The van der Waals surface area contributed by atoms with Crippen LogP contribution in [0.4, 0.5) is 28.9 Å². The quantitative estimate of drug-likeness (QED) is 0.332. The molecule has 0 radical (unpaired) electrons. The van der Waals surface area contributed by atoms with Crippen LogP contribution in [0.3, 0.4) is 0 Å². The Labute approximate surface area is 251 Å². The Balaban J connectivity index is 1.36. The molecule has 2 aromatic carbocycles. The van der Waals surface area contributed by atoms with Crippen LogP contribution in [0.15, 0.2) is 48.7 Å². The lowest BCUT2D eigenvalue weighted by Crippen LogP contribution is -2.53. The zero-order valence-electron chi connectivity index (χ0n) is 23.7. The lowest BCUT2D eigenvalue weighted by molar-refractivity contribution is -0.145. The Morgan fingerprint density at radius 3 is 2.23 bits per heavy atom. The van der Waals surface area contributed by atoms with Crippen LogP contribution in [-0.4, -0.2) is 76.6 Å². The maximum Gasteiger partial charge on any atom is 0.433 e. The first-order valence-corrected chi connectivity index (χ1v) is 14.4. The summed E-state index contributed by atoms with van der Waals surface area (Å²) >= 11 is 6.37. The second kappa shape index (κ2) is 11.7. The number of carbonyl (C=O) groups excluding carboxylic acids is 1. The average molecular weight is 622 g/mol. The van der Waals surface area contributed by atoms with Crippen molar-refractivity contribution in [2.24, 2.45) is 0 Å². The van der Waals surface area contributed by atoms with Crippen LogP contribution in [0.2, 0.25) is 5.02 Å². The molecule has 2 aliphatic heterocycles. The molecular weight excluding hydrogens is 590 g/mol. The van der Waals surface area contributed by atoms with Gasteiger partial charge in [0.15, 0.2) is 11.4 Å². The number of halogens is 5. The molecule has 3 heterocycles. The number of rotatable bonds is 6. The van der Waals surface area contributed by atoms with E-state index in [-0.39, 0.29) is 6.54 Å². The zero-order valence-corrected chi connectivity index (χ0v) is 24.5. The molecule has 2 fully saturated rings. The fourth-order valence-electron chi connectivity index (χ4n) is 5.86. The Hall–Kier alpha value is -3.80. The summed E-state index contributed by atoms with van der Waals surface area (Å²) in [5.74, 6) is -2.19. The molecule has 0 spiro atoms. The lowest BCUT2D eigenvalue weighted by atomic mass is 9.99. The first kappa shape index (κ1) is 30.7. The number of benzene rings is 2. The van der Waals surface area contributed by atoms with E-state index in [1.165, 1.54) is 13.8 Å². The zero-order chi connectivity index (χ0) is 31.1. The van der Waals surface area contributed by atoms with Gasteiger partial charge in [0.25, 0.3) is 5.91 Å². The number of nitrogens with zero attached hydrogens (tertiary/aromatic N) is 5. The smallest absolute Gasteiger partial charge is 0.433 e. The number of piperidine rings is 1. The van der Waals surface area contributed by atoms with Crippen LogP contribution in [0.5, 0.6) is 0 Å². The molecule has 1 atom stereocenters. The Morgan fingerprint density at radius 2 is 1.63 bits per heavy atom. The normalized spacial score (nSPS) is 18.2. The van der Waals surface area contributed by atoms with Crippen LogP contribution < -0.4 is 9.80 Å². The molecule has 2 aliphatic rings. The van der Waals surface area contributed by atoms with Gasteiger partial charge in [-0.1, -0.05) is 29.8 Å². The van der Waals surface area contributed by atoms with E-state index in [9.17, 15) is 32.3 Å². The Bertz CT molecular complexity index is 1490. The number of aromatic carboxylic acids is 1. The molecule has 1 amide bonds. The van der Waals surface area contributed by atoms with Crippen LogP contribution in [-0.2, 0) is 11.0 Å². The van der Waals surface area contributed by atoms with Crippen molar-refractivity contribution in [2.45, 2.75) is 44.6 Å². The third-order valence-electron chi connectivity index (χ3n) is 7.96. The minimum absolute atomic E-state index is 0.188. The molecule has 0 aliphatic carbocycles. The lowest BCUT2D eigenvalue weighted by Gasteiger charge is -2.38. The first-order valence-electron chi connectivity index (χ1n) is 14.0. The van der Waals surface area contributed by atoms with E-state index in [0.717, 1.165) is 33.4 Å². The number of amides is 1. The molecular formula is C30H32ClF4N5O3. The van der Waals surface area contributed by atoms with Crippen LogP contribution in [0, 0.1) is 0 Å². The largest absolute Gasteiger partial charge is 0.478 e. The third-order valence-corrected chi connectivity index (χ3v) is 8.19. The molecule has 1 unspecified atom stereocenters. The highest BCUT2D eigenvalue weighted by Gasteiger charge is 2.42. The summed E-state index contributed by atoms with van der Waals surface area (Å²) in [6.07, 6.45) is -3.13. The maximum atomic E-state index is 14.1. The number of aromatic nitrogens is 2. The standard InChI is InChI=1S/C30H32ClF4N5O3/c1-29(2,32)28(43)38-14-12-37(13-15-38)21-8-5-19(6-9-21)23-10-7-20(31)16-25(23)39-11-3-4-22(18-39)40-26(30(33,34)35)24(17-36-40)27(41)42/h5-10,16-17,22H,3-4,11-15,18H2,1-2H3,(H,41,42). The van der Waals surface area contributed by atoms with Gasteiger partial charge in [-0.15, -0.1) is 0 Å². The van der Waals surface area contributed by atoms with Gasteiger partial charge < -0.3 is 19.8 Å². The molecule has 5 rings (SSSR count). The summed E-state index contributed by atoms with van der Waals surface area (Å²) in [6, 6.07) is 12.6. The van der Waals surface area contributed by atoms with E-state index >= 15 is 0 Å². The summed E-state index contributed by atoms with van der Waals surface area (Å²) in [5, 5.41) is 13.6. The summed E-state index contributed by atoms with van der Waals surface area (Å²) in [7, 11) is 0. The van der Waals surface area contributed by atoms with Gasteiger partial charge in [-0.25, -0.2) is 9.18 Å². The SMILES string of the molecule is CC(C)(F)C(=O)N1CCN(c2ccc(-c3ccc(Cl)cc3N3CCCC(n4ncc(C(=O)O)c4C(F)(F)F)C3)cc2)CC1. The molecule has 0 bridgehead atoms. The minimum Gasteiger partial charge on any atom is -0.478 e. The molecule has 43 heavy (non-hydrogen) atoms. The highest BCUT2D eigenvalue weighted by molar-refractivity contribution is 6.31. The fourth-order valence-corrected chi connectivity index (χ4v) is 6.02. The average Bonchev–Trinajstić information content (AvgIpc) is 3.44. The van der Waals surface area contributed by atoms with Crippen molar-refractivity contribution >= 4 is 34.9 Å². The predicted octanol–water partition coefficient (Wildman–Crippen LogP) is 6.16. The van der Waals surface area contributed by atoms with Gasteiger partial charge in [0, 0.05) is 61.2 Å². The number of carboxylic acids is 1. The van der Waals surface area contributed by atoms with Gasteiger partial charge in [0.05, 0.1) is 12.2 Å². The number of carboxylic acid groups (broad SMARTS) is 1. The number of hydrogen-bond donors (Lipinski definition) is 1. The van der Waals surface area contributed by atoms with E-state index in [2.05, 4.69) is 10.00 Å². The highest BCUT2D eigenvalue weighted by atomic mass is 35.5. The molecule has 0 saturated carbocycles. The number of hydrogen-bond acceptors (Lipinski definition) is 5. The van der Waals surface area contributed by atoms with Gasteiger partial charge in [-0.3, -0.25) is 9.48 Å². The van der Waals surface area contributed by atoms with Crippen molar-refractivity contribution in [1.29, 1.82) is 0 Å². The van der Waals surface area contributed by atoms with E-state index < -0.39 is 41.0 Å². The summed E-state index contributed by atoms with van der Waals surface area (Å²) in [4.78, 5) is 29.4. The van der Waals surface area contributed by atoms with Gasteiger partial charge in [-0.2, -0.15) is 18.3 Å². The molecule has 13 heteroatoms. The monoisotopic (exact) mass is 621 g/mol. The second-order valence-electron chi connectivity index (χ2n) is 11.4. The van der Waals surface area contributed by atoms with Crippen molar-refractivity contribution in [2.75, 3.05) is 49.1 Å². The number of alkyl halides is 4. The maximum absolute atomic E-state index is 14.1. The highest BCUT2D eigenvalue weighted by Crippen LogP contribution is 2.39. The number of piperazine rings is 1. The predicted molar refractivity (Wildman–Crippen MR) is 156 cm³/mol. The van der Waals surface area contributed by atoms with Crippen molar-refractivity contribution in [3.8, 4) is 11.1 Å². The third kappa shape index (κ3) is 6.43. The second-order valence-corrected chi connectivity index (χ2v) is 11.8. The van der Waals surface area contributed by atoms with Crippen LogP contribution in [0.25, 0.3) is 11.1 Å². The van der Waals surface area contributed by atoms with E-state index in [1.54, 1.807) is 17.0 Å². The van der Waals surface area contributed by atoms with E-state index in [4.69, 9.17) is 11.6 Å². The molecule has 1 aromatic heterocycles. The van der Waals surface area contributed by atoms with Crippen molar-refractivity contribution in [3.63, 3.8) is 0 Å². The minimum atomic E-state index is -4.87. The van der Waals surface area contributed by atoms with E-state index in [1.807, 2.05) is 35.2 Å². The van der Waals surface area contributed by atoms with Gasteiger partial charge in [-0.05, 0) is 56.5 Å². The van der Waals surface area contributed by atoms with Crippen LogP contribution >= 0.6 is 11.6 Å². The Morgan fingerprint density at radius 1 is 0.953 bits per heavy atom. The molecule has 1 N–H and O–H groups in total. The summed E-state index contributed by atoms with van der Waals surface area (Å²) < 4.78 is 56.6. The number of carbonyl (C=O) groups is 2. The Kier molecular flexibility index (Phi) is 8.34. The topological polar surface area (TPSA) is 81.9 Å². The molecule has 3 aromatic rings. The first-order chi connectivity index (χ1) is 20.2. The van der Waals surface area contributed by atoms with Gasteiger partial charge in [0.2, 0.25) is 0 Å².